The van der Waals surface area contributed by atoms with E-state index >= 15 is 0 Å². The van der Waals surface area contributed by atoms with E-state index in [1.165, 1.54) is 5.56 Å². The van der Waals surface area contributed by atoms with Crippen molar-refractivity contribution in [3.8, 4) is 0 Å². The molecule has 1 aromatic heterocycles. The van der Waals surface area contributed by atoms with E-state index in [0.717, 1.165) is 28.7 Å². The molecule has 170 valence electrons. The van der Waals surface area contributed by atoms with Crippen molar-refractivity contribution in [2.75, 3.05) is 26.2 Å². The molecule has 2 aromatic rings. The fourth-order valence-electron chi connectivity index (χ4n) is 3.14. The van der Waals surface area contributed by atoms with Gasteiger partial charge < -0.3 is 15.5 Å². The van der Waals surface area contributed by atoms with Crippen molar-refractivity contribution in [3.05, 3.63) is 51.5 Å². The second-order valence-corrected chi connectivity index (χ2v) is 7.77. The summed E-state index contributed by atoms with van der Waals surface area (Å²) in [5.41, 5.74) is 1.57. The third-order valence-electron chi connectivity index (χ3n) is 4.67. The summed E-state index contributed by atoms with van der Waals surface area (Å²) in [4.78, 5) is 22.3. The van der Waals surface area contributed by atoms with E-state index in [4.69, 9.17) is 0 Å². The zero-order chi connectivity index (χ0) is 21.6. The molecule has 6 nitrogen and oxygen atoms in total. The number of hydrogen-bond donors (Lipinski definition) is 2. The lowest BCUT2D eigenvalue weighted by Crippen LogP contribution is -2.41. The number of carbonyl (C=O) groups is 1. The summed E-state index contributed by atoms with van der Waals surface area (Å²) in [7, 11) is 0. The minimum atomic E-state index is -4.42. The molecular formula is C20H25F3IN5OS. The van der Waals surface area contributed by atoms with Crippen molar-refractivity contribution in [3.63, 3.8) is 0 Å². The Hall–Kier alpha value is -1.89. The second kappa shape index (κ2) is 11.7. The van der Waals surface area contributed by atoms with Crippen LogP contribution >= 0.6 is 35.3 Å². The van der Waals surface area contributed by atoms with Gasteiger partial charge in [-0.25, -0.2) is 9.98 Å². The highest BCUT2D eigenvalue weighted by atomic mass is 127. The van der Waals surface area contributed by atoms with Gasteiger partial charge >= 0.3 is 6.18 Å². The molecule has 1 aliphatic rings. The van der Waals surface area contributed by atoms with Crippen molar-refractivity contribution in [2.24, 2.45) is 4.99 Å². The maximum atomic E-state index is 12.6. The van der Waals surface area contributed by atoms with Crippen molar-refractivity contribution in [2.45, 2.75) is 32.5 Å². The first-order valence-corrected chi connectivity index (χ1v) is 10.6. The number of hydrogen-bond acceptors (Lipinski definition) is 4. The summed E-state index contributed by atoms with van der Waals surface area (Å²) < 4.78 is 37.9. The van der Waals surface area contributed by atoms with Gasteiger partial charge in [-0.1, -0.05) is 24.3 Å². The minimum Gasteiger partial charge on any atom is -0.357 e. The summed E-state index contributed by atoms with van der Waals surface area (Å²) in [5, 5.41) is 7.50. The van der Waals surface area contributed by atoms with Crippen molar-refractivity contribution in [1.82, 2.24) is 20.5 Å². The van der Waals surface area contributed by atoms with Gasteiger partial charge in [-0.05, 0) is 24.5 Å². The van der Waals surface area contributed by atoms with Gasteiger partial charge in [0.15, 0.2) is 11.7 Å². The normalized spacial score (nSPS) is 13.9. The number of carbonyl (C=O) groups excluding carboxylic acids is 1. The largest absolute Gasteiger partial charge is 0.434 e. The molecule has 0 aliphatic carbocycles. The van der Waals surface area contributed by atoms with E-state index in [0.29, 0.717) is 43.6 Å². The molecule has 0 radical (unpaired) electrons. The third kappa shape index (κ3) is 7.34. The number of thiazole rings is 1. The quantitative estimate of drug-likeness (QED) is 0.319. The number of aromatic nitrogens is 1. The molecule has 0 bridgehead atoms. The highest BCUT2D eigenvalue weighted by Gasteiger charge is 2.33. The molecule has 11 heteroatoms. The van der Waals surface area contributed by atoms with Crippen LogP contribution in [0, 0.1) is 0 Å². The molecule has 1 aliphatic heterocycles. The molecule has 2 N–H and O–H groups in total. The molecule has 1 amide bonds. The Morgan fingerprint density at radius 1 is 1.26 bits per heavy atom. The molecule has 0 spiro atoms. The summed E-state index contributed by atoms with van der Waals surface area (Å²) >= 11 is 0.981. The number of fused-ring (bicyclic) bond motifs is 1. The van der Waals surface area contributed by atoms with Gasteiger partial charge in [0.25, 0.3) is 0 Å². The van der Waals surface area contributed by atoms with E-state index in [9.17, 15) is 18.0 Å². The molecule has 0 unspecified atom stereocenters. The summed E-state index contributed by atoms with van der Waals surface area (Å²) in [6.45, 7) is 4.12. The number of amides is 1. The van der Waals surface area contributed by atoms with Crippen LogP contribution in [-0.2, 0) is 30.4 Å². The van der Waals surface area contributed by atoms with Crippen LogP contribution in [0.5, 0.6) is 0 Å². The number of alkyl halides is 3. The minimum absolute atomic E-state index is 0. The monoisotopic (exact) mass is 567 g/mol. The maximum Gasteiger partial charge on any atom is 0.434 e. The van der Waals surface area contributed by atoms with Gasteiger partial charge in [0.05, 0.1) is 5.01 Å². The third-order valence-corrected chi connectivity index (χ3v) is 5.58. The molecule has 0 fully saturated rings. The van der Waals surface area contributed by atoms with Crippen molar-refractivity contribution < 1.29 is 18.0 Å². The molecule has 2 heterocycles. The van der Waals surface area contributed by atoms with E-state index in [-0.39, 0.29) is 36.4 Å². The Bertz CT molecular complexity index is 903. The maximum absolute atomic E-state index is 12.6. The zero-order valence-corrected chi connectivity index (χ0v) is 20.2. The lowest BCUT2D eigenvalue weighted by Gasteiger charge is -2.28. The number of nitrogens with zero attached hydrogens (tertiary/aromatic N) is 3. The number of guanidine groups is 1. The Kier molecular flexibility index (Phi) is 9.54. The number of benzene rings is 1. The Morgan fingerprint density at radius 2 is 2.00 bits per heavy atom. The van der Waals surface area contributed by atoms with Crippen LogP contribution in [0.3, 0.4) is 0 Å². The summed E-state index contributed by atoms with van der Waals surface area (Å²) in [6, 6.07) is 8.10. The van der Waals surface area contributed by atoms with Gasteiger partial charge in [-0.15, -0.1) is 35.3 Å². The van der Waals surface area contributed by atoms with Crippen LogP contribution in [-0.4, -0.2) is 47.9 Å². The van der Waals surface area contributed by atoms with Crippen molar-refractivity contribution in [1.29, 1.82) is 0 Å². The first kappa shape index (κ1) is 25.4. The standard InChI is InChI=1S/C20H24F3N5OS.HI/c1-2-24-19(25-9-7-17-27-16(13-30-17)20(21,22)23)26-11-18(29)28-10-8-14-5-3-4-6-15(14)12-28;/h3-6,13H,2,7-12H2,1H3,(H2,24,25,26);1H. The fraction of sp³-hybridized carbons (Fsp3) is 0.450. The molecular weight excluding hydrogens is 542 g/mol. The average molecular weight is 567 g/mol. The number of aliphatic imine (C=N–C) groups is 1. The van der Waals surface area contributed by atoms with Gasteiger partial charge in [-0.2, -0.15) is 13.2 Å². The predicted molar refractivity (Wildman–Crippen MR) is 126 cm³/mol. The SMILES string of the molecule is CCNC(=NCC(=O)N1CCc2ccccc2C1)NCCc1nc(C(F)(F)F)cs1.I. The number of rotatable bonds is 6. The first-order valence-electron chi connectivity index (χ1n) is 9.75. The lowest BCUT2D eigenvalue weighted by molar-refractivity contribution is -0.140. The average Bonchev–Trinajstić information content (AvgIpc) is 3.21. The Morgan fingerprint density at radius 3 is 2.68 bits per heavy atom. The van der Waals surface area contributed by atoms with Crippen LogP contribution in [0.15, 0.2) is 34.6 Å². The van der Waals surface area contributed by atoms with Crippen LogP contribution in [0.1, 0.15) is 28.8 Å². The van der Waals surface area contributed by atoms with Crippen molar-refractivity contribution >= 4 is 47.2 Å². The Balaban J connectivity index is 0.00000341. The molecule has 31 heavy (non-hydrogen) atoms. The highest BCUT2D eigenvalue weighted by molar-refractivity contribution is 14.0. The van der Waals surface area contributed by atoms with Gasteiger partial charge in [0.2, 0.25) is 5.91 Å². The van der Waals surface area contributed by atoms with Crippen LogP contribution < -0.4 is 10.6 Å². The number of halogens is 4. The van der Waals surface area contributed by atoms with Gasteiger partial charge in [-0.3, -0.25) is 4.79 Å². The molecule has 0 saturated heterocycles. The van der Waals surface area contributed by atoms with E-state index in [2.05, 4.69) is 26.7 Å². The molecule has 3 rings (SSSR count). The Labute approximate surface area is 200 Å². The predicted octanol–water partition coefficient (Wildman–Crippen LogP) is 3.46. The van der Waals surface area contributed by atoms with E-state index in [1.54, 1.807) is 4.90 Å². The number of nitrogens with one attached hydrogen (secondary N) is 2. The lowest BCUT2D eigenvalue weighted by atomic mass is 10.00. The molecule has 0 saturated carbocycles. The van der Waals surface area contributed by atoms with Gasteiger partial charge in [0.1, 0.15) is 6.54 Å². The zero-order valence-electron chi connectivity index (χ0n) is 17.0. The van der Waals surface area contributed by atoms with Crippen LogP contribution in [0.4, 0.5) is 13.2 Å². The van der Waals surface area contributed by atoms with Crippen LogP contribution in [0.25, 0.3) is 0 Å². The van der Waals surface area contributed by atoms with E-state index < -0.39 is 11.9 Å². The van der Waals surface area contributed by atoms with E-state index in [1.807, 2.05) is 25.1 Å². The summed E-state index contributed by atoms with van der Waals surface area (Å²) in [5.74, 6) is 0.396. The fourth-order valence-corrected chi connectivity index (χ4v) is 3.95. The topological polar surface area (TPSA) is 69.6 Å². The summed E-state index contributed by atoms with van der Waals surface area (Å²) in [6.07, 6.45) is -3.26. The smallest absolute Gasteiger partial charge is 0.357 e. The highest BCUT2D eigenvalue weighted by Crippen LogP contribution is 2.30. The second-order valence-electron chi connectivity index (χ2n) is 6.83. The first-order chi connectivity index (χ1) is 14.4. The molecule has 0 atom stereocenters. The molecule has 1 aromatic carbocycles. The van der Waals surface area contributed by atoms with Crippen LogP contribution in [0.2, 0.25) is 0 Å². The van der Waals surface area contributed by atoms with Gasteiger partial charge in [0, 0.05) is 38.0 Å².